The average molecular weight is 347 g/mol. The van der Waals surface area contributed by atoms with Gasteiger partial charge in [0, 0.05) is 25.3 Å². The third-order valence-electron chi connectivity index (χ3n) is 4.74. The molecule has 0 aliphatic carbocycles. The van der Waals surface area contributed by atoms with Gasteiger partial charge in [0.2, 0.25) is 0 Å². The Morgan fingerprint density at radius 2 is 1.92 bits per heavy atom. The quantitative estimate of drug-likeness (QED) is 0.738. The summed E-state index contributed by atoms with van der Waals surface area (Å²) in [5, 5.41) is 17.3. The van der Waals surface area contributed by atoms with Crippen LogP contribution < -0.4 is 10.2 Å². The lowest BCUT2D eigenvalue weighted by Gasteiger charge is -2.17. The monoisotopic (exact) mass is 347 g/mol. The molecule has 0 amide bonds. The van der Waals surface area contributed by atoms with E-state index in [0.717, 1.165) is 29.9 Å². The molecule has 0 saturated carbocycles. The fourth-order valence-electron chi connectivity index (χ4n) is 3.34. The molecule has 0 radical (unpaired) electrons. The zero-order valence-electron chi connectivity index (χ0n) is 14.6. The maximum Gasteiger partial charge on any atom is 0.163 e. The molecule has 4 rings (SSSR count). The van der Waals surface area contributed by atoms with E-state index in [2.05, 4.69) is 55.6 Å². The second-order valence-electron chi connectivity index (χ2n) is 6.45. The summed E-state index contributed by atoms with van der Waals surface area (Å²) in [6.45, 7) is 3.54. The predicted molar refractivity (Wildman–Crippen MR) is 101 cm³/mol. The number of aryl methyl sites for hydroxylation is 1. The van der Waals surface area contributed by atoms with Crippen LogP contribution in [0.3, 0.4) is 0 Å². The minimum atomic E-state index is 0.410. The lowest BCUT2D eigenvalue weighted by Crippen LogP contribution is -2.17. The summed E-state index contributed by atoms with van der Waals surface area (Å²) in [5.41, 5.74) is 3.26. The van der Waals surface area contributed by atoms with Crippen molar-refractivity contribution < 1.29 is 0 Å². The van der Waals surface area contributed by atoms with Gasteiger partial charge in [-0.25, -0.2) is 14.6 Å². The normalized spacial score (nSPS) is 13.9. The number of nitrogens with zero attached hydrogens (tertiary/aromatic N) is 6. The maximum absolute atomic E-state index is 8.75. The summed E-state index contributed by atoms with van der Waals surface area (Å²) in [6, 6.07) is 10.8. The Labute approximate surface area is 152 Å². The maximum atomic E-state index is 8.75. The SMILES string of the molecule is N#CCCn1ncc2c(NCc3ccc(N4CCCC4)cc3)ncnc21. The number of anilines is 2. The fraction of sp³-hybridized carbons (Fsp3) is 0.368. The van der Waals surface area contributed by atoms with E-state index in [4.69, 9.17) is 5.26 Å². The third kappa shape index (κ3) is 3.31. The van der Waals surface area contributed by atoms with Crippen molar-refractivity contribution >= 4 is 22.5 Å². The number of benzene rings is 1. The largest absolute Gasteiger partial charge is 0.372 e. The molecule has 1 fully saturated rings. The van der Waals surface area contributed by atoms with Crippen molar-refractivity contribution in [3.05, 3.63) is 42.4 Å². The third-order valence-corrected chi connectivity index (χ3v) is 4.74. The minimum Gasteiger partial charge on any atom is -0.372 e. The average Bonchev–Trinajstić information content (AvgIpc) is 3.35. The van der Waals surface area contributed by atoms with Crippen LogP contribution in [0.2, 0.25) is 0 Å². The summed E-state index contributed by atoms with van der Waals surface area (Å²) in [5.74, 6) is 0.766. The lowest BCUT2D eigenvalue weighted by molar-refractivity contribution is 0.643. The van der Waals surface area contributed by atoms with Crippen LogP contribution in [0.15, 0.2) is 36.8 Å². The molecule has 1 aromatic carbocycles. The van der Waals surface area contributed by atoms with Crippen LogP contribution in [0.1, 0.15) is 24.8 Å². The van der Waals surface area contributed by atoms with Gasteiger partial charge in [0.15, 0.2) is 5.65 Å². The molecule has 0 spiro atoms. The van der Waals surface area contributed by atoms with Gasteiger partial charge in [-0.1, -0.05) is 12.1 Å². The first-order chi connectivity index (χ1) is 12.8. The molecule has 1 saturated heterocycles. The Kier molecular flexibility index (Phi) is 4.65. The molecule has 7 heteroatoms. The van der Waals surface area contributed by atoms with Crippen LogP contribution in [-0.2, 0) is 13.1 Å². The summed E-state index contributed by atoms with van der Waals surface area (Å²) in [7, 11) is 0. The van der Waals surface area contributed by atoms with E-state index in [1.165, 1.54) is 30.4 Å². The number of hydrogen-bond acceptors (Lipinski definition) is 6. The number of nitriles is 1. The Hall–Kier alpha value is -3.14. The van der Waals surface area contributed by atoms with Gasteiger partial charge in [-0.2, -0.15) is 10.4 Å². The molecule has 1 aliphatic heterocycles. The number of fused-ring (bicyclic) bond motifs is 1. The highest BCUT2D eigenvalue weighted by Crippen LogP contribution is 2.22. The summed E-state index contributed by atoms with van der Waals surface area (Å²) in [4.78, 5) is 11.1. The summed E-state index contributed by atoms with van der Waals surface area (Å²) in [6.07, 6.45) is 6.27. The standard InChI is InChI=1S/C19H21N7/c20-8-3-11-26-19-17(13-24-26)18(22-14-23-19)21-12-15-4-6-16(7-5-15)25-9-1-2-10-25/h4-7,13-14H,1-3,9-12H2,(H,21,22,23). The van der Waals surface area contributed by atoms with Crippen molar-refractivity contribution in [3.8, 4) is 6.07 Å². The molecule has 2 aromatic heterocycles. The Morgan fingerprint density at radius 3 is 2.69 bits per heavy atom. The fourth-order valence-corrected chi connectivity index (χ4v) is 3.34. The molecule has 7 nitrogen and oxygen atoms in total. The predicted octanol–water partition coefficient (Wildman–Crippen LogP) is 2.95. The molecule has 0 atom stereocenters. The number of nitrogens with one attached hydrogen (secondary N) is 1. The first kappa shape index (κ1) is 16.3. The molecule has 0 unspecified atom stereocenters. The molecule has 3 heterocycles. The van der Waals surface area contributed by atoms with Gasteiger partial charge in [-0.15, -0.1) is 0 Å². The number of rotatable bonds is 6. The van der Waals surface area contributed by atoms with E-state index >= 15 is 0 Å². The van der Waals surface area contributed by atoms with E-state index in [1.54, 1.807) is 10.9 Å². The van der Waals surface area contributed by atoms with Crippen LogP contribution in [0.25, 0.3) is 11.0 Å². The zero-order chi connectivity index (χ0) is 17.8. The van der Waals surface area contributed by atoms with Gasteiger partial charge in [0.25, 0.3) is 0 Å². The second-order valence-corrected chi connectivity index (χ2v) is 6.45. The van der Waals surface area contributed by atoms with Crippen molar-refractivity contribution in [2.75, 3.05) is 23.3 Å². The van der Waals surface area contributed by atoms with E-state index in [0.29, 0.717) is 19.5 Å². The van der Waals surface area contributed by atoms with Gasteiger partial charge in [0.05, 0.1) is 30.6 Å². The van der Waals surface area contributed by atoms with Gasteiger partial charge >= 0.3 is 0 Å². The van der Waals surface area contributed by atoms with Gasteiger partial charge in [-0.05, 0) is 30.5 Å². The smallest absolute Gasteiger partial charge is 0.163 e. The molecule has 3 aromatic rings. The molecule has 26 heavy (non-hydrogen) atoms. The zero-order valence-corrected chi connectivity index (χ0v) is 14.6. The molecule has 1 N–H and O–H groups in total. The van der Waals surface area contributed by atoms with Crippen LogP contribution >= 0.6 is 0 Å². The van der Waals surface area contributed by atoms with Crippen LogP contribution in [0, 0.1) is 11.3 Å². The van der Waals surface area contributed by atoms with Crippen molar-refractivity contribution in [1.82, 2.24) is 19.7 Å². The van der Waals surface area contributed by atoms with E-state index in [-0.39, 0.29) is 0 Å². The van der Waals surface area contributed by atoms with Crippen LogP contribution in [0.4, 0.5) is 11.5 Å². The van der Waals surface area contributed by atoms with Crippen molar-refractivity contribution in [2.45, 2.75) is 32.4 Å². The summed E-state index contributed by atoms with van der Waals surface area (Å²) >= 11 is 0. The van der Waals surface area contributed by atoms with Gasteiger partial charge < -0.3 is 10.2 Å². The lowest BCUT2D eigenvalue weighted by atomic mass is 10.2. The van der Waals surface area contributed by atoms with Crippen LogP contribution in [0.5, 0.6) is 0 Å². The minimum absolute atomic E-state index is 0.410. The molecular formula is C19H21N7. The van der Waals surface area contributed by atoms with Gasteiger partial charge in [0.1, 0.15) is 12.1 Å². The van der Waals surface area contributed by atoms with E-state index in [9.17, 15) is 0 Å². The van der Waals surface area contributed by atoms with E-state index < -0.39 is 0 Å². The molecule has 0 bridgehead atoms. The van der Waals surface area contributed by atoms with Crippen molar-refractivity contribution in [1.29, 1.82) is 5.26 Å². The Balaban J connectivity index is 1.46. The molecule has 132 valence electrons. The second kappa shape index (κ2) is 7.40. The first-order valence-electron chi connectivity index (χ1n) is 8.96. The number of aromatic nitrogens is 4. The van der Waals surface area contributed by atoms with E-state index in [1.807, 2.05) is 0 Å². The molecular weight excluding hydrogens is 326 g/mol. The highest BCUT2D eigenvalue weighted by molar-refractivity contribution is 5.86. The highest BCUT2D eigenvalue weighted by atomic mass is 15.3. The van der Waals surface area contributed by atoms with Crippen molar-refractivity contribution in [2.24, 2.45) is 0 Å². The van der Waals surface area contributed by atoms with Crippen LogP contribution in [-0.4, -0.2) is 32.8 Å². The highest BCUT2D eigenvalue weighted by Gasteiger charge is 2.12. The summed E-state index contributed by atoms with van der Waals surface area (Å²) < 4.78 is 1.75. The molecule has 1 aliphatic rings. The number of hydrogen-bond donors (Lipinski definition) is 1. The van der Waals surface area contributed by atoms with Crippen molar-refractivity contribution in [3.63, 3.8) is 0 Å². The Morgan fingerprint density at radius 1 is 1.12 bits per heavy atom. The Bertz CT molecular complexity index is 917. The van der Waals surface area contributed by atoms with Gasteiger partial charge in [-0.3, -0.25) is 0 Å². The topological polar surface area (TPSA) is 82.7 Å². The first-order valence-corrected chi connectivity index (χ1v) is 8.96.